The monoisotopic (exact) mass is 346 g/mol. The van der Waals surface area contributed by atoms with Crippen molar-refractivity contribution in [3.8, 4) is 5.75 Å². The lowest BCUT2D eigenvalue weighted by Gasteiger charge is -2.15. The first kappa shape index (κ1) is 17.7. The number of para-hydroxylation sites is 1. The molecule has 0 aliphatic rings. The SMILES string of the molecule is C[C@@H](NC(=O)COc1ccccc1Cc1ccccc1)c1ccncc1. The summed E-state index contributed by atoms with van der Waals surface area (Å²) in [6.07, 6.45) is 4.20. The summed E-state index contributed by atoms with van der Waals surface area (Å²) in [6.45, 7) is 1.93. The smallest absolute Gasteiger partial charge is 0.258 e. The maximum atomic E-state index is 12.2. The standard InChI is InChI=1S/C22H22N2O2/c1-17(19-11-13-23-14-12-19)24-22(25)16-26-21-10-6-5-9-20(21)15-18-7-3-2-4-8-18/h2-14,17H,15-16H2,1H3,(H,24,25)/t17-/m1/s1. The van der Waals surface area contributed by atoms with Crippen LogP contribution in [0, 0.1) is 0 Å². The first-order valence-corrected chi connectivity index (χ1v) is 8.66. The van der Waals surface area contributed by atoms with Crippen LogP contribution < -0.4 is 10.1 Å². The van der Waals surface area contributed by atoms with Gasteiger partial charge in [-0.25, -0.2) is 0 Å². The Labute approximate surface area is 153 Å². The second-order valence-electron chi connectivity index (χ2n) is 6.13. The van der Waals surface area contributed by atoms with E-state index in [9.17, 15) is 4.79 Å². The molecule has 0 aliphatic heterocycles. The lowest BCUT2D eigenvalue weighted by atomic mass is 10.0. The summed E-state index contributed by atoms with van der Waals surface area (Å²) in [7, 11) is 0. The zero-order chi connectivity index (χ0) is 18.2. The lowest BCUT2D eigenvalue weighted by molar-refractivity contribution is -0.123. The molecule has 0 unspecified atom stereocenters. The van der Waals surface area contributed by atoms with Crippen LogP contribution in [0.2, 0.25) is 0 Å². The van der Waals surface area contributed by atoms with Gasteiger partial charge in [-0.05, 0) is 41.8 Å². The summed E-state index contributed by atoms with van der Waals surface area (Å²) in [6, 6.07) is 21.7. The van der Waals surface area contributed by atoms with Gasteiger partial charge >= 0.3 is 0 Å². The van der Waals surface area contributed by atoms with Crippen LogP contribution >= 0.6 is 0 Å². The number of nitrogens with zero attached hydrogens (tertiary/aromatic N) is 1. The van der Waals surface area contributed by atoms with Gasteiger partial charge in [0.2, 0.25) is 0 Å². The van der Waals surface area contributed by atoms with Crippen LogP contribution in [0.1, 0.15) is 29.7 Å². The van der Waals surface area contributed by atoms with Gasteiger partial charge in [-0.3, -0.25) is 9.78 Å². The highest BCUT2D eigenvalue weighted by atomic mass is 16.5. The highest BCUT2D eigenvalue weighted by Gasteiger charge is 2.11. The predicted octanol–water partition coefficient (Wildman–Crippen LogP) is 3.93. The highest BCUT2D eigenvalue weighted by Crippen LogP contribution is 2.21. The van der Waals surface area contributed by atoms with Crippen molar-refractivity contribution in [1.29, 1.82) is 0 Å². The van der Waals surface area contributed by atoms with Gasteiger partial charge in [-0.1, -0.05) is 48.5 Å². The summed E-state index contributed by atoms with van der Waals surface area (Å²) >= 11 is 0. The Morgan fingerprint density at radius 1 is 1.00 bits per heavy atom. The number of nitrogens with one attached hydrogen (secondary N) is 1. The Morgan fingerprint density at radius 2 is 1.69 bits per heavy atom. The molecule has 0 spiro atoms. The number of benzene rings is 2. The molecule has 0 aliphatic carbocycles. The average molecular weight is 346 g/mol. The second-order valence-corrected chi connectivity index (χ2v) is 6.13. The largest absolute Gasteiger partial charge is 0.483 e. The minimum atomic E-state index is -0.149. The van der Waals surface area contributed by atoms with Gasteiger partial charge in [0.05, 0.1) is 6.04 Å². The number of ether oxygens (including phenoxy) is 1. The van der Waals surface area contributed by atoms with Crippen molar-refractivity contribution in [2.75, 3.05) is 6.61 Å². The molecule has 1 heterocycles. The highest BCUT2D eigenvalue weighted by molar-refractivity contribution is 5.78. The van der Waals surface area contributed by atoms with Crippen molar-refractivity contribution in [3.63, 3.8) is 0 Å². The third-order valence-electron chi connectivity index (χ3n) is 4.15. The molecule has 1 atom stereocenters. The molecule has 26 heavy (non-hydrogen) atoms. The first-order chi connectivity index (χ1) is 12.7. The van der Waals surface area contributed by atoms with E-state index in [2.05, 4.69) is 22.4 Å². The summed E-state index contributed by atoms with van der Waals surface area (Å²) in [5.41, 5.74) is 3.28. The third-order valence-corrected chi connectivity index (χ3v) is 4.15. The molecule has 0 saturated heterocycles. The Bertz CT molecular complexity index is 835. The lowest BCUT2D eigenvalue weighted by Crippen LogP contribution is -2.31. The molecule has 132 valence electrons. The van der Waals surface area contributed by atoms with E-state index in [1.165, 1.54) is 5.56 Å². The number of pyridine rings is 1. The fourth-order valence-corrected chi connectivity index (χ4v) is 2.77. The van der Waals surface area contributed by atoms with Gasteiger partial charge in [0.15, 0.2) is 6.61 Å². The molecule has 3 rings (SSSR count). The molecular formula is C22H22N2O2. The van der Waals surface area contributed by atoms with Gasteiger partial charge in [0, 0.05) is 18.8 Å². The van der Waals surface area contributed by atoms with Gasteiger partial charge in [-0.2, -0.15) is 0 Å². The summed E-state index contributed by atoms with van der Waals surface area (Å²) in [4.78, 5) is 16.2. The maximum Gasteiger partial charge on any atom is 0.258 e. The Hall–Kier alpha value is -3.14. The summed E-state index contributed by atoms with van der Waals surface area (Å²) in [5, 5.41) is 2.94. The Balaban J connectivity index is 1.58. The molecule has 1 amide bonds. The maximum absolute atomic E-state index is 12.2. The van der Waals surface area contributed by atoms with E-state index in [0.717, 1.165) is 23.3 Å². The molecule has 0 fully saturated rings. The number of hydrogen-bond donors (Lipinski definition) is 1. The van der Waals surface area contributed by atoms with E-state index in [-0.39, 0.29) is 18.6 Å². The molecule has 0 bridgehead atoms. The van der Waals surface area contributed by atoms with Gasteiger partial charge in [0.25, 0.3) is 5.91 Å². The third kappa shape index (κ3) is 4.93. The molecule has 2 aromatic carbocycles. The zero-order valence-corrected chi connectivity index (χ0v) is 14.8. The van der Waals surface area contributed by atoms with Crippen LogP contribution in [0.5, 0.6) is 5.75 Å². The fourth-order valence-electron chi connectivity index (χ4n) is 2.77. The molecular weight excluding hydrogens is 324 g/mol. The Kier molecular flexibility index (Phi) is 5.99. The molecule has 1 N–H and O–H groups in total. The van der Waals surface area contributed by atoms with Crippen LogP contribution in [0.15, 0.2) is 79.1 Å². The number of carbonyl (C=O) groups excluding carboxylic acids is 1. The first-order valence-electron chi connectivity index (χ1n) is 8.66. The number of amides is 1. The Morgan fingerprint density at radius 3 is 2.46 bits per heavy atom. The molecule has 0 saturated carbocycles. The minimum Gasteiger partial charge on any atom is -0.483 e. The molecule has 4 heteroatoms. The van der Waals surface area contributed by atoms with E-state index in [0.29, 0.717) is 0 Å². The van der Waals surface area contributed by atoms with E-state index >= 15 is 0 Å². The van der Waals surface area contributed by atoms with Gasteiger partial charge in [-0.15, -0.1) is 0 Å². The fraction of sp³-hybridized carbons (Fsp3) is 0.182. The minimum absolute atomic E-state index is 0.0127. The van der Waals surface area contributed by atoms with Crippen LogP contribution in [0.25, 0.3) is 0 Å². The average Bonchev–Trinajstić information content (AvgIpc) is 2.69. The van der Waals surface area contributed by atoms with Crippen molar-refractivity contribution in [2.24, 2.45) is 0 Å². The quantitative estimate of drug-likeness (QED) is 0.705. The van der Waals surface area contributed by atoms with Crippen molar-refractivity contribution in [1.82, 2.24) is 10.3 Å². The van der Waals surface area contributed by atoms with E-state index in [1.54, 1.807) is 12.4 Å². The van der Waals surface area contributed by atoms with Gasteiger partial charge < -0.3 is 10.1 Å². The van der Waals surface area contributed by atoms with Crippen molar-refractivity contribution >= 4 is 5.91 Å². The predicted molar refractivity (Wildman–Crippen MR) is 102 cm³/mol. The molecule has 4 nitrogen and oxygen atoms in total. The topological polar surface area (TPSA) is 51.2 Å². The second kappa shape index (κ2) is 8.81. The van der Waals surface area contributed by atoms with E-state index in [1.807, 2.05) is 61.5 Å². The van der Waals surface area contributed by atoms with Crippen molar-refractivity contribution in [3.05, 3.63) is 95.8 Å². The number of aromatic nitrogens is 1. The number of hydrogen-bond acceptors (Lipinski definition) is 3. The van der Waals surface area contributed by atoms with Crippen LogP contribution in [-0.2, 0) is 11.2 Å². The molecule has 1 aromatic heterocycles. The summed E-state index contributed by atoms with van der Waals surface area (Å²) < 4.78 is 5.78. The zero-order valence-electron chi connectivity index (χ0n) is 14.8. The number of rotatable bonds is 7. The van der Waals surface area contributed by atoms with E-state index in [4.69, 9.17) is 4.74 Å². The van der Waals surface area contributed by atoms with Crippen LogP contribution in [0.3, 0.4) is 0 Å². The molecule has 0 radical (unpaired) electrons. The number of carbonyl (C=O) groups is 1. The van der Waals surface area contributed by atoms with Crippen LogP contribution in [0.4, 0.5) is 0 Å². The van der Waals surface area contributed by atoms with Crippen LogP contribution in [-0.4, -0.2) is 17.5 Å². The van der Waals surface area contributed by atoms with Crippen molar-refractivity contribution in [2.45, 2.75) is 19.4 Å². The molecule has 3 aromatic rings. The normalized spacial score (nSPS) is 11.6. The van der Waals surface area contributed by atoms with E-state index < -0.39 is 0 Å². The van der Waals surface area contributed by atoms with Crippen molar-refractivity contribution < 1.29 is 9.53 Å². The van der Waals surface area contributed by atoms with Gasteiger partial charge in [0.1, 0.15) is 5.75 Å². The summed E-state index contributed by atoms with van der Waals surface area (Å²) in [5.74, 6) is 0.590.